The first-order valence-electron chi connectivity index (χ1n) is 3.33. The summed E-state index contributed by atoms with van der Waals surface area (Å²) in [5.41, 5.74) is 0. The molecule has 0 aromatic carbocycles. The van der Waals surface area contributed by atoms with E-state index in [1.165, 1.54) is 6.92 Å². The Balaban J connectivity index is 4.18. The normalized spacial score (nSPS) is 21.2. The molecule has 0 rings (SSSR count). The molecule has 72 valence electrons. The Labute approximate surface area is 75.1 Å². The van der Waals surface area contributed by atoms with E-state index < -0.39 is 29.5 Å². The van der Waals surface area contributed by atoms with Gasteiger partial charge in [-0.1, -0.05) is 0 Å². The van der Waals surface area contributed by atoms with Crippen molar-refractivity contribution in [1.29, 1.82) is 0 Å². The fourth-order valence-electron chi connectivity index (χ4n) is 0.618. The zero-order valence-corrected chi connectivity index (χ0v) is 7.35. The van der Waals surface area contributed by atoms with E-state index in [9.17, 15) is 4.79 Å². The van der Waals surface area contributed by atoms with E-state index >= 15 is 0 Å². The maximum absolute atomic E-state index is 10.4. The van der Waals surface area contributed by atoms with Gasteiger partial charge in [0.05, 0.1) is 6.10 Å². The highest BCUT2D eigenvalue weighted by Gasteiger charge is 2.30. The number of carbonyl (C=O) groups is 1. The Morgan fingerprint density at radius 2 is 1.58 bits per heavy atom. The number of hydrogen-bond donors (Lipinski definition) is 5. The summed E-state index contributed by atoms with van der Waals surface area (Å²) in [4.78, 5) is 10.4. The SMILES string of the molecule is C[C@H](O)[C@@H](O)[C@@H](O)[C@H](O)C(=O)S. The van der Waals surface area contributed by atoms with Crippen LogP contribution < -0.4 is 0 Å². The molecule has 0 bridgehead atoms. The maximum atomic E-state index is 10.4. The highest BCUT2D eigenvalue weighted by molar-refractivity contribution is 7.96. The molecule has 4 N–H and O–H groups in total. The molecule has 0 radical (unpaired) electrons. The molecule has 12 heavy (non-hydrogen) atoms. The second kappa shape index (κ2) is 4.78. The second-order valence-electron chi connectivity index (χ2n) is 2.50. The van der Waals surface area contributed by atoms with Crippen molar-refractivity contribution in [3.8, 4) is 0 Å². The van der Waals surface area contributed by atoms with Gasteiger partial charge in [-0.15, -0.1) is 12.6 Å². The van der Waals surface area contributed by atoms with Crippen molar-refractivity contribution in [2.75, 3.05) is 0 Å². The van der Waals surface area contributed by atoms with Crippen LogP contribution in [0.1, 0.15) is 6.92 Å². The largest absolute Gasteiger partial charge is 0.391 e. The van der Waals surface area contributed by atoms with Gasteiger partial charge >= 0.3 is 0 Å². The molecule has 0 aliphatic heterocycles. The van der Waals surface area contributed by atoms with Crippen molar-refractivity contribution in [2.45, 2.75) is 31.3 Å². The van der Waals surface area contributed by atoms with Crippen LogP contribution in [0.3, 0.4) is 0 Å². The highest BCUT2D eigenvalue weighted by Crippen LogP contribution is 2.06. The Hall–Kier alpha value is -0.140. The van der Waals surface area contributed by atoms with Crippen LogP contribution in [-0.2, 0) is 4.79 Å². The average Bonchev–Trinajstić information content (AvgIpc) is 2.00. The molecule has 0 aliphatic rings. The Morgan fingerprint density at radius 3 is 1.83 bits per heavy atom. The first-order chi connectivity index (χ1) is 5.37. The molecule has 0 saturated carbocycles. The van der Waals surface area contributed by atoms with E-state index in [2.05, 4.69) is 12.6 Å². The second-order valence-corrected chi connectivity index (χ2v) is 2.95. The molecule has 6 heteroatoms. The molecule has 0 fully saturated rings. The summed E-state index contributed by atoms with van der Waals surface area (Å²) in [6.07, 6.45) is -6.27. The zero-order chi connectivity index (χ0) is 9.89. The third-order valence-corrected chi connectivity index (χ3v) is 1.69. The monoisotopic (exact) mass is 196 g/mol. The van der Waals surface area contributed by atoms with Crippen molar-refractivity contribution < 1.29 is 25.2 Å². The Bertz CT molecular complexity index is 160. The maximum Gasteiger partial charge on any atom is 0.217 e. The van der Waals surface area contributed by atoms with Gasteiger partial charge in [-0.25, -0.2) is 0 Å². The summed E-state index contributed by atoms with van der Waals surface area (Å²) >= 11 is 3.25. The minimum Gasteiger partial charge on any atom is -0.391 e. The quantitative estimate of drug-likeness (QED) is 0.332. The average molecular weight is 196 g/mol. The van der Waals surface area contributed by atoms with E-state index in [0.29, 0.717) is 0 Å². The van der Waals surface area contributed by atoms with Crippen molar-refractivity contribution >= 4 is 17.7 Å². The summed E-state index contributed by atoms with van der Waals surface area (Å²) in [5, 5.41) is 34.6. The van der Waals surface area contributed by atoms with Crippen LogP contribution in [0.2, 0.25) is 0 Å². The smallest absolute Gasteiger partial charge is 0.217 e. The predicted molar refractivity (Wildman–Crippen MR) is 43.7 cm³/mol. The third kappa shape index (κ3) is 3.08. The third-order valence-electron chi connectivity index (χ3n) is 1.42. The van der Waals surface area contributed by atoms with Gasteiger partial charge < -0.3 is 20.4 Å². The lowest BCUT2D eigenvalue weighted by molar-refractivity contribution is -0.135. The van der Waals surface area contributed by atoms with Crippen LogP contribution in [0.5, 0.6) is 0 Å². The van der Waals surface area contributed by atoms with Crippen LogP contribution in [0.15, 0.2) is 0 Å². The fourth-order valence-corrected chi connectivity index (χ4v) is 0.771. The van der Waals surface area contributed by atoms with Gasteiger partial charge in [0, 0.05) is 0 Å². The molecular formula is C6H12O5S. The standard InChI is InChI=1S/C6H12O5S/c1-2(7)3(8)4(9)5(10)6(11)12/h2-5,7-10H,1H3,(H,11,12)/t2-,3+,4+,5-/m0/s1. The Kier molecular flexibility index (Phi) is 4.73. The summed E-state index contributed by atoms with van der Waals surface area (Å²) in [7, 11) is 0. The summed E-state index contributed by atoms with van der Waals surface area (Å²) in [6.45, 7) is 1.23. The zero-order valence-electron chi connectivity index (χ0n) is 6.45. The molecule has 0 aromatic rings. The van der Waals surface area contributed by atoms with Crippen LogP contribution in [0, 0.1) is 0 Å². The highest BCUT2D eigenvalue weighted by atomic mass is 32.1. The van der Waals surface area contributed by atoms with E-state index in [1.54, 1.807) is 0 Å². The number of carbonyl (C=O) groups excluding carboxylic acids is 1. The van der Waals surface area contributed by atoms with Gasteiger partial charge in [0.15, 0.2) is 6.10 Å². The van der Waals surface area contributed by atoms with Gasteiger partial charge in [-0.05, 0) is 6.92 Å². The minimum atomic E-state index is -1.78. The van der Waals surface area contributed by atoms with Gasteiger partial charge in [0.1, 0.15) is 12.2 Å². The fraction of sp³-hybridized carbons (Fsp3) is 0.833. The number of hydrogen-bond acceptors (Lipinski definition) is 5. The number of thiol groups is 1. The summed E-state index contributed by atoms with van der Waals surface area (Å²) < 4.78 is 0. The predicted octanol–water partition coefficient (Wildman–Crippen LogP) is -2.09. The number of rotatable bonds is 4. The van der Waals surface area contributed by atoms with Crippen LogP contribution in [0.25, 0.3) is 0 Å². The van der Waals surface area contributed by atoms with Crippen LogP contribution >= 0.6 is 12.6 Å². The lowest BCUT2D eigenvalue weighted by Crippen LogP contribution is -2.45. The lowest BCUT2D eigenvalue weighted by atomic mass is 10.1. The van der Waals surface area contributed by atoms with E-state index in [1.807, 2.05) is 0 Å². The molecule has 0 aromatic heterocycles. The molecule has 0 heterocycles. The van der Waals surface area contributed by atoms with Gasteiger partial charge in [-0.3, -0.25) is 4.79 Å². The van der Waals surface area contributed by atoms with Crippen molar-refractivity contribution in [2.24, 2.45) is 0 Å². The molecule has 0 aliphatic carbocycles. The van der Waals surface area contributed by atoms with Crippen molar-refractivity contribution in [1.82, 2.24) is 0 Å². The van der Waals surface area contributed by atoms with Crippen LogP contribution in [-0.4, -0.2) is 50.0 Å². The molecule has 0 spiro atoms. The summed E-state index contributed by atoms with van der Waals surface area (Å²) in [6, 6.07) is 0. The van der Waals surface area contributed by atoms with E-state index in [-0.39, 0.29) is 0 Å². The molecule has 4 atom stereocenters. The van der Waals surface area contributed by atoms with E-state index in [0.717, 1.165) is 0 Å². The number of aliphatic hydroxyl groups is 4. The van der Waals surface area contributed by atoms with E-state index in [4.69, 9.17) is 20.4 Å². The van der Waals surface area contributed by atoms with Crippen molar-refractivity contribution in [3.63, 3.8) is 0 Å². The molecule has 0 unspecified atom stereocenters. The number of aliphatic hydroxyl groups excluding tert-OH is 4. The molecular weight excluding hydrogens is 184 g/mol. The topological polar surface area (TPSA) is 98.0 Å². The first-order valence-corrected chi connectivity index (χ1v) is 3.77. The van der Waals surface area contributed by atoms with Crippen LogP contribution in [0.4, 0.5) is 0 Å². The Morgan fingerprint density at radius 1 is 1.17 bits per heavy atom. The van der Waals surface area contributed by atoms with Crippen molar-refractivity contribution in [3.05, 3.63) is 0 Å². The molecule has 0 amide bonds. The lowest BCUT2D eigenvalue weighted by Gasteiger charge is -2.22. The molecule has 0 saturated heterocycles. The molecule has 5 nitrogen and oxygen atoms in total. The van der Waals surface area contributed by atoms with Gasteiger partial charge in [0.25, 0.3) is 0 Å². The van der Waals surface area contributed by atoms with Gasteiger partial charge in [-0.2, -0.15) is 0 Å². The minimum absolute atomic E-state index is 0.956. The summed E-state index contributed by atoms with van der Waals surface area (Å²) in [5.74, 6) is 0. The van der Waals surface area contributed by atoms with Gasteiger partial charge in [0.2, 0.25) is 5.12 Å². The first kappa shape index (κ1) is 11.9.